The number of hydrogen-bond acceptors (Lipinski definition) is 1. The van der Waals surface area contributed by atoms with Crippen molar-refractivity contribution in [1.29, 1.82) is 0 Å². The highest BCUT2D eigenvalue weighted by Gasteiger charge is 1.85. The minimum Gasteiger partial charge on any atom is -0.257 e. The highest BCUT2D eigenvalue weighted by molar-refractivity contribution is 6.95. The van der Waals surface area contributed by atoms with E-state index in [4.69, 9.17) is 34.8 Å². The van der Waals surface area contributed by atoms with Crippen LogP contribution in [0.15, 0.2) is 16.6 Å². The van der Waals surface area contributed by atoms with Crippen LogP contribution in [0.25, 0.3) is 0 Å². The fourth-order valence-corrected chi connectivity index (χ4v) is 0.325. The Hall–Kier alpha value is 0.280. The van der Waals surface area contributed by atoms with Gasteiger partial charge in [-0.25, -0.2) is 0 Å². The molecule has 0 saturated heterocycles. The van der Waals surface area contributed by atoms with Gasteiger partial charge in [-0.1, -0.05) is 18.2 Å². The Balaban J connectivity index is 3.45. The van der Waals surface area contributed by atoms with Crippen molar-refractivity contribution < 1.29 is 0 Å². The van der Waals surface area contributed by atoms with Crippen molar-refractivity contribution in [1.82, 2.24) is 0 Å². The average molecular weight is 172 g/mol. The van der Waals surface area contributed by atoms with Crippen LogP contribution in [-0.4, -0.2) is 11.2 Å². The van der Waals surface area contributed by atoms with E-state index in [1.807, 2.05) is 0 Å². The predicted octanol–water partition coefficient (Wildman–Crippen LogP) is 2.57. The van der Waals surface area contributed by atoms with E-state index in [0.717, 1.165) is 0 Å². The molecule has 0 aliphatic heterocycles. The molecule has 0 heterocycles. The van der Waals surface area contributed by atoms with Crippen molar-refractivity contribution >= 4 is 39.4 Å². The summed E-state index contributed by atoms with van der Waals surface area (Å²) in [6, 6.07) is 0. The lowest BCUT2D eigenvalue weighted by Crippen LogP contribution is -1.78. The number of halogens is 3. The highest BCUT2D eigenvalue weighted by Crippen LogP contribution is 1.99. The third-order valence-corrected chi connectivity index (χ3v) is 0.729. The molecule has 0 spiro atoms. The van der Waals surface area contributed by atoms with Crippen LogP contribution in [0.2, 0.25) is 0 Å². The Labute approximate surface area is 62.9 Å². The molecule has 8 heavy (non-hydrogen) atoms. The first-order chi connectivity index (χ1) is 3.63. The molecule has 0 N–H and O–H groups in total. The first-order valence-corrected chi connectivity index (χ1v) is 2.95. The molecule has 0 aliphatic carbocycles. The zero-order valence-electron chi connectivity index (χ0n) is 4.00. The maximum atomic E-state index is 5.30. The van der Waals surface area contributed by atoms with E-state index >= 15 is 0 Å². The van der Waals surface area contributed by atoms with Gasteiger partial charge < -0.3 is 0 Å². The Morgan fingerprint density at radius 3 is 2.00 bits per heavy atom. The van der Waals surface area contributed by atoms with Gasteiger partial charge >= 0.3 is 0 Å². The van der Waals surface area contributed by atoms with Crippen molar-refractivity contribution in [2.45, 2.75) is 0 Å². The van der Waals surface area contributed by atoms with Gasteiger partial charge in [0.05, 0.1) is 6.54 Å². The van der Waals surface area contributed by atoms with Crippen LogP contribution in [0.4, 0.5) is 0 Å². The van der Waals surface area contributed by atoms with Gasteiger partial charge in [0.15, 0.2) is 4.63 Å². The summed E-state index contributed by atoms with van der Waals surface area (Å²) >= 11 is 15.6. The van der Waals surface area contributed by atoms with Crippen molar-refractivity contribution in [2.75, 3.05) is 6.54 Å². The van der Waals surface area contributed by atoms with Crippen LogP contribution in [-0.2, 0) is 0 Å². The second-order valence-electron chi connectivity index (χ2n) is 1.07. The topological polar surface area (TPSA) is 12.4 Å². The number of aliphatic imine (C=N–C) groups is 1. The molecule has 0 bridgehead atoms. The normalized spacial score (nSPS) is 8.38. The van der Waals surface area contributed by atoms with E-state index in [9.17, 15) is 0 Å². The van der Waals surface area contributed by atoms with Crippen molar-refractivity contribution in [3.8, 4) is 0 Å². The van der Waals surface area contributed by atoms with E-state index in [2.05, 4.69) is 11.6 Å². The second kappa shape index (κ2) is 4.19. The van der Waals surface area contributed by atoms with Gasteiger partial charge in [0.2, 0.25) is 0 Å². The third kappa shape index (κ3) is 6.28. The maximum Gasteiger partial charge on any atom is 0.192 e. The molecule has 0 atom stereocenters. The zero-order chi connectivity index (χ0) is 6.57. The fraction of sp³-hybridized carbons (Fsp3) is 0.250. The summed E-state index contributed by atoms with van der Waals surface area (Å²) < 4.78 is -0.0215. The number of nitrogens with zero attached hydrogens (tertiary/aromatic N) is 1. The summed E-state index contributed by atoms with van der Waals surface area (Å²) in [5, 5.41) is 0.420. The Kier molecular flexibility index (Phi) is 4.33. The molecular formula is C4H4Cl3N. The number of rotatable bonds is 2. The predicted molar refractivity (Wildman–Crippen MR) is 39.0 cm³/mol. The molecule has 0 rings (SSSR count). The molecule has 1 nitrogen and oxygen atoms in total. The van der Waals surface area contributed by atoms with Crippen LogP contribution in [0.3, 0.4) is 0 Å². The molecule has 4 heteroatoms. The Bertz CT molecular complexity index is 114. The van der Waals surface area contributed by atoms with Gasteiger partial charge in [0.25, 0.3) is 0 Å². The van der Waals surface area contributed by atoms with Gasteiger partial charge in [0.1, 0.15) is 0 Å². The molecule has 0 amide bonds. The first kappa shape index (κ1) is 8.28. The minimum absolute atomic E-state index is 0.0215. The van der Waals surface area contributed by atoms with Crippen LogP contribution in [0.5, 0.6) is 0 Å². The molecule has 46 valence electrons. The number of hydrogen-bond donors (Lipinski definition) is 0. The van der Waals surface area contributed by atoms with Gasteiger partial charge in [0, 0.05) is 5.03 Å². The maximum absolute atomic E-state index is 5.30. The van der Waals surface area contributed by atoms with Gasteiger partial charge in [-0.2, -0.15) is 0 Å². The van der Waals surface area contributed by atoms with Crippen LogP contribution in [0.1, 0.15) is 0 Å². The SMILES string of the molecule is C=C(Cl)CN=C(Cl)Cl. The smallest absolute Gasteiger partial charge is 0.192 e. The molecular weight excluding hydrogens is 168 g/mol. The summed E-state index contributed by atoms with van der Waals surface area (Å²) in [5.41, 5.74) is 0. The summed E-state index contributed by atoms with van der Waals surface area (Å²) in [6.45, 7) is 3.65. The Morgan fingerprint density at radius 1 is 1.38 bits per heavy atom. The molecule has 0 unspecified atom stereocenters. The fourth-order valence-electron chi connectivity index (χ4n) is 0.146. The highest BCUT2D eigenvalue weighted by atomic mass is 35.5. The lowest BCUT2D eigenvalue weighted by atomic mass is 10.6. The standard InChI is InChI=1S/C4H4Cl3N/c1-3(5)2-8-4(6)7/h1-2H2. The lowest BCUT2D eigenvalue weighted by Gasteiger charge is -1.85. The lowest BCUT2D eigenvalue weighted by molar-refractivity contribution is 1.24. The van der Waals surface area contributed by atoms with Crippen LogP contribution >= 0.6 is 34.8 Å². The van der Waals surface area contributed by atoms with Gasteiger partial charge in [-0.3, -0.25) is 4.99 Å². The van der Waals surface area contributed by atoms with Crippen molar-refractivity contribution in [3.63, 3.8) is 0 Å². The molecule has 0 aromatic rings. The van der Waals surface area contributed by atoms with Crippen LogP contribution < -0.4 is 0 Å². The van der Waals surface area contributed by atoms with Crippen molar-refractivity contribution in [2.24, 2.45) is 4.99 Å². The Morgan fingerprint density at radius 2 is 1.88 bits per heavy atom. The monoisotopic (exact) mass is 171 g/mol. The molecule has 0 aromatic heterocycles. The van der Waals surface area contributed by atoms with Crippen LogP contribution in [0, 0.1) is 0 Å². The summed E-state index contributed by atoms with van der Waals surface area (Å²) in [7, 11) is 0. The van der Waals surface area contributed by atoms with E-state index in [1.54, 1.807) is 0 Å². The molecule has 0 aromatic carbocycles. The molecule has 0 radical (unpaired) electrons. The van der Waals surface area contributed by atoms with E-state index in [-0.39, 0.29) is 11.2 Å². The second-order valence-corrected chi connectivity index (χ2v) is 2.52. The molecule has 0 aliphatic rings. The molecule has 0 fully saturated rings. The largest absolute Gasteiger partial charge is 0.257 e. The summed E-state index contributed by atoms with van der Waals surface area (Å²) in [5.74, 6) is 0. The van der Waals surface area contributed by atoms with E-state index in [1.165, 1.54) is 0 Å². The first-order valence-electron chi connectivity index (χ1n) is 1.81. The zero-order valence-corrected chi connectivity index (χ0v) is 6.26. The van der Waals surface area contributed by atoms with Gasteiger partial charge in [-0.15, -0.1) is 0 Å². The van der Waals surface area contributed by atoms with Gasteiger partial charge in [-0.05, 0) is 23.2 Å². The molecule has 0 saturated carbocycles. The minimum atomic E-state index is -0.0215. The average Bonchev–Trinajstić information content (AvgIpc) is 1.61. The third-order valence-electron chi connectivity index (χ3n) is 0.370. The summed E-state index contributed by atoms with van der Waals surface area (Å²) in [4.78, 5) is 3.54. The quantitative estimate of drug-likeness (QED) is 0.568. The van der Waals surface area contributed by atoms with Crippen molar-refractivity contribution in [3.05, 3.63) is 11.6 Å². The summed E-state index contributed by atoms with van der Waals surface area (Å²) in [6.07, 6.45) is 0. The van der Waals surface area contributed by atoms with E-state index < -0.39 is 0 Å². The van der Waals surface area contributed by atoms with E-state index in [0.29, 0.717) is 5.03 Å².